The molecular weight excluding hydrogens is 320 g/mol. The molecule has 1 fully saturated rings. The van der Waals surface area contributed by atoms with Gasteiger partial charge in [-0.1, -0.05) is 62.6 Å². The summed E-state index contributed by atoms with van der Waals surface area (Å²) in [6.07, 6.45) is 10.3. The number of aromatic nitrogens is 2. The number of nitrogens with one attached hydrogen (secondary N) is 1. The SMILES string of the molecule is Cc1ccc(-c2n[nH]c(C3CCC(C)CC3)c2C(C)/C=C\N=CN)cc1. The molecule has 0 saturated heterocycles. The van der Waals surface area contributed by atoms with Gasteiger partial charge in [-0.25, -0.2) is 4.99 Å². The smallest absolute Gasteiger partial charge is 0.0961 e. The van der Waals surface area contributed by atoms with E-state index in [2.05, 4.69) is 61.2 Å². The molecule has 1 unspecified atom stereocenters. The number of hydrogen-bond donors (Lipinski definition) is 2. The first-order chi connectivity index (χ1) is 12.6. The van der Waals surface area contributed by atoms with Crippen molar-refractivity contribution in [2.75, 3.05) is 0 Å². The van der Waals surface area contributed by atoms with Crippen molar-refractivity contribution in [3.8, 4) is 11.3 Å². The average Bonchev–Trinajstić information content (AvgIpc) is 3.08. The molecule has 1 aliphatic rings. The summed E-state index contributed by atoms with van der Waals surface area (Å²) in [7, 11) is 0. The molecule has 1 aromatic heterocycles. The molecule has 0 amide bonds. The number of benzene rings is 1. The number of hydrogen-bond acceptors (Lipinski definition) is 2. The third kappa shape index (κ3) is 4.06. The van der Waals surface area contributed by atoms with E-state index in [0.717, 1.165) is 11.6 Å². The Balaban J connectivity index is 2.00. The molecule has 2 aromatic rings. The fraction of sp³-hybridized carbons (Fsp3) is 0.455. The molecule has 1 aliphatic carbocycles. The zero-order valence-corrected chi connectivity index (χ0v) is 16.1. The third-order valence-electron chi connectivity index (χ3n) is 5.58. The predicted octanol–water partition coefficient (Wildman–Crippen LogP) is 5.28. The second-order valence-electron chi connectivity index (χ2n) is 7.65. The summed E-state index contributed by atoms with van der Waals surface area (Å²) in [6.45, 7) is 6.68. The van der Waals surface area contributed by atoms with Gasteiger partial charge < -0.3 is 5.73 Å². The summed E-state index contributed by atoms with van der Waals surface area (Å²) in [6, 6.07) is 8.62. The molecule has 0 aliphatic heterocycles. The molecular formula is C22H30N4. The van der Waals surface area contributed by atoms with E-state index in [1.165, 1.54) is 54.4 Å². The first-order valence-corrected chi connectivity index (χ1v) is 9.65. The van der Waals surface area contributed by atoms with E-state index in [1.54, 1.807) is 6.20 Å². The Morgan fingerprint density at radius 3 is 2.54 bits per heavy atom. The number of aliphatic imine (C=N–C) groups is 1. The van der Waals surface area contributed by atoms with Crippen molar-refractivity contribution in [3.63, 3.8) is 0 Å². The Kier molecular flexibility index (Phi) is 5.92. The van der Waals surface area contributed by atoms with Gasteiger partial charge in [0.25, 0.3) is 0 Å². The van der Waals surface area contributed by atoms with Gasteiger partial charge in [0.15, 0.2) is 0 Å². The predicted molar refractivity (Wildman–Crippen MR) is 109 cm³/mol. The number of nitrogens with zero attached hydrogens (tertiary/aromatic N) is 2. The Bertz CT molecular complexity index is 762. The monoisotopic (exact) mass is 350 g/mol. The zero-order valence-electron chi connectivity index (χ0n) is 16.1. The molecule has 26 heavy (non-hydrogen) atoms. The average molecular weight is 351 g/mol. The Hall–Kier alpha value is -2.36. The standard InChI is InChI=1S/C22H30N4/c1-15-4-8-18(9-5-15)21-20(17(3)12-13-24-14-23)22(26-25-21)19-10-6-16(2)7-11-19/h4-5,8-9,12-14,16-17,19H,6-7,10-11H2,1-3H3,(H2,23,24)(H,25,26)/b13-12-. The summed E-state index contributed by atoms with van der Waals surface area (Å²) in [5.41, 5.74) is 11.5. The van der Waals surface area contributed by atoms with E-state index in [1.807, 2.05) is 0 Å². The van der Waals surface area contributed by atoms with Gasteiger partial charge in [0.1, 0.15) is 0 Å². The molecule has 0 bridgehead atoms. The van der Waals surface area contributed by atoms with Crippen LogP contribution in [-0.2, 0) is 0 Å². The maximum Gasteiger partial charge on any atom is 0.0961 e. The van der Waals surface area contributed by atoms with E-state index >= 15 is 0 Å². The van der Waals surface area contributed by atoms with E-state index < -0.39 is 0 Å². The molecule has 0 radical (unpaired) electrons. The Morgan fingerprint density at radius 2 is 1.88 bits per heavy atom. The van der Waals surface area contributed by atoms with Crippen LogP contribution in [0.25, 0.3) is 11.3 Å². The summed E-state index contributed by atoms with van der Waals surface area (Å²) in [5.74, 6) is 1.63. The lowest BCUT2D eigenvalue weighted by atomic mass is 9.78. The Morgan fingerprint density at radius 1 is 1.19 bits per heavy atom. The van der Waals surface area contributed by atoms with Crippen LogP contribution in [0.15, 0.2) is 41.5 Å². The van der Waals surface area contributed by atoms with Crippen LogP contribution in [0, 0.1) is 12.8 Å². The van der Waals surface area contributed by atoms with Gasteiger partial charge in [-0.15, -0.1) is 0 Å². The highest BCUT2D eigenvalue weighted by molar-refractivity contribution is 5.66. The van der Waals surface area contributed by atoms with Crippen LogP contribution in [0.5, 0.6) is 0 Å². The maximum absolute atomic E-state index is 5.37. The van der Waals surface area contributed by atoms with E-state index in [9.17, 15) is 0 Å². The lowest BCUT2D eigenvalue weighted by molar-refractivity contribution is 0.342. The van der Waals surface area contributed by atoms with E-state index in [0.29, 0.717) is 5.92 Å². The molecule has 1 atom stereocenters. The van der Waals surface area contributed by atoms with Crippen molar-refractivity contribution >= 4 is 6.34 Å². The number of allylic oxidation sites excluding steroid dienone is 1. The molecule has 4 heteroatoms. The molecule has 1 saturated carbocycles. The number of aryl methyl sites for hydroxylation is 1. The van der Waals surface area contributed by atoms with Crippen LogP contribution in [0.2, 0.25) is 0 Å². The molecule has 4 nitrogen and oxygen atoms in total. The van der Waals surface area contributed by atoms with Crippen LogP contribution in [0.4, 0.5) is 0 Å². The van der Waals surface area contributed by atoms with Crippen molar-refractivity contribution in [2.24, 2.45) is 16.6 Å². The minimum absolute atomic E-state index is 0.225. The van der Waals surface area contributed by atoms with Crippen LogP contribution in [0.3, 0.4) is 0 Å². The molecule has 1 aromatic carbocycles. The fourth-order valence-electron chi connectivity index (χ4n) is 3.94. The van der Waals surface area contributed by atoms with E-state index in [4.69, 9.17) is 10.8 Å². The van der Waals surface area contributed by atoms with Crippen LogP contribution < -0.4 is 5.73 Å². The van der Waals surface area contributed by atoms with Crippen molar-refractivity contribution in [2.45, 2.75) is 58.3 Å². The summed E-state index contributed by atoms with van der Waals surface area (Å²) in [5, 5.41) is 8.13. The topological polar surface area (TPSA) is 67.1 Å². The van der Waals surface area contributed by atoms with Gasteiger partial charge in [-0.2, -0.15) is 5.10 Å². The number of nitrogens with two attached hydrogens (primary N) is 1. The van der Waals surface area contributed by atoms with Gasteiger partial charge >= 0.3 is 0 Å². The maximum atomic E-state index is 5.37. The minimum atomic E-state index is 0.225. The van der Waals surface area contributed by atoms with Gasteiger partial charge in [-0.05, 0) is 25.7 Å². The lowest BCUT2D eigenvalue weighted by Gasteiger charge is -2.27. The first kappa shape index (κ1) is 18.4. The van der Waals surface area contributed by atoms with Crippen molar-refractivity contribution < 1.29 is 0 Å². The summed E-state index contributed by atoms with van der Waals surface area (Å²) >= 11 is 0. The lowest BCUT2D eigenvalue weighted by Crippen LogP contribution is -2.13. The number of aromatic amines is 1. The zero-order chi connectivity index (χ0) is 18.5. The summed E-state index contributed by atoms with van der Waals surface area (Å²) in [4.78, 5) is 4.03. The van der Waals surface area contributed by atoms with Gasteiger partial charge in [0.2, 0.25) is 0 Å². The van der Waals surface area contributed by atoms with Gasteiger partial charge in [0, 0.05) is 34.9 Å². The van der Waals surface area contributed by atoms with Gasteiger partial charge in [-0.3, -0.25) is 5.10 Å². The molecule has 138 valence electrons. The van der Waals surface area contributed by atoms with Gasteiger partial charge in [0.05, 0.1) is 12.0 Å². The molecule has 0 spiro atoms. The van der Waals surface area contributed by atoms with Crippen LogP contribution in [0.1, 0.15) is 68.2 Å². The highest BCUT2D eigenvalue weighted by Gasteiger charge is 2.27. The van der Waals surface area contributed by atoms with Crippen LogP contribution in [-0.4, -0.2) is 16.5 Å². The van der Waals surface area contributed by atoms with Crippen LogP contribution >= 0.6 is 0 Å². The van der Waals surface area contributed by atoms with Crippen molar-refractivity contribution in [1.82, 2.24) is 10.2 Å². The number of H-pyrrole nitrogens is 1. The second kappa shape index (κ2) is 8.35. The quantitative estimate of drug-likeness (QED) is 0.569. The molecule has 3 N–H and O–H groups in total. The highest BCUT2D eigenvalue weighted by Crippen LogP contribution is 2.41. The summed E-state index contributed by atoms with van der Waals surface area (Å²) < 4.78 is 0. The largest absolute Gasteiger partial charge is 0.390 e. The fourth-order valence-corrected chi connectivity index (χ4v) is 3.94. The Labute approximate surface area is 156 Å². The first-order valence-electron chi connectivity index (χ1n) is 9.65. The third-order valence-corrected chi connectivity index (χ3v) is 5.58. The van der Waals surface area contributed by atoms with E-state index in [-0.39, 0.29) is 5.92 Å². The normalized spacial score (nSPS) is 22.3. The van der Waals surface area contributed by atoms with Crippen molar-refractivity contribution in [1.29, 1.82) is 0 Å². The van der Waals surface area contributed by atoms with Crippen molar-refractivity contribution in [3.05, 3.63) is 53.4 Å². The minimum Gasteiger partial charge on any atom is -0.390 e. The molecule has 1 heterocycles. The second-order valence-corrected chi connectivity index (χ2v) is 7.65. The highest BCUT2D eigenvalue weighted by atomic mass is 15.1. The number of rotatable bonds is 5. The molecule has 3 rings (SSSR count).